The Hall–Kier alpha value is -4.48. The number of carboxylic acids is 1. The molecule has 11 nitrogen and oxygen atoms in total. The number of aliphatic carboxylic acids is 1. The summed E-state index contributed by atoms with van der Waals surface area (Å²) < 4.78 is 5.28. The van der Waals surface area contributed by atoms with Crippen molar-refractivity contribution in [2.75, 3.05) is 18.6 Å². The maximum absolute atomic E-state index is 11.0. The Morgan fingerprint density at radius 2 is 1.85 bits per heavy atom. The van der Waals surface area contributed by atoms with Crippen molar-refractivity contribution in [2.45, 2.75) is 39.9 Å². The largest absolute Gasteiger partial charge is 0.483 e. The summed E-state index contributed by atoms with van der Waals surface area (Å²) in [5.41, 5.74) is 14.3. The lowest BCUT2D eigenvalue weighted by Crippen LogP contribution is -2.30. The average Bonchev–Trinajstić information content (AvgIpc) is 2.91. The summed E-state index contributed by atoms with van der Waals surface area (Å²) in [4.78, 5) is 37.2. The molecule has 220 valence electrons. The molecule has 0 spiro atoms. The molecule has 1 heterocycles. The molecule has 1 aromatic heterocycles. The van der Waals surface area contributed by atoms with Crippen molar-refractivity contribution >= 4 is 41.3 Å². The van der Waals surface area contributed by atoms with E-state index in [1.807, 2.05) is 30.3 Å². The van der Waals surface area contributed by atoms with Gasteiger partial charge in [0.2, 0.25) is 0 Å². The normalized spacial score (nSPS) is 9.90. The number of primary amides is 1. The number of pyridine rings is 1. The van der Waals surface area contributed by atoms with E-state index >= 15 is 0 Å². The van der Waals surface area contributed by atoms with Crippen LogP contribution in [0.25, 0.3) is 0 Å². The Labute approximate surface area is 245 Å². The van der Waals surface area contributed by atoms with E-state index in [2.05, 4.69) is 29.0 Å². The molecule has 0 saturated heterocycles. The highest BCUT2D eigenvalue weighted by atomic mass is 35.5. The average molecular weight is 585 g/mol. The third kappa shape index (κ3) is 13.4. The Balaban J connectivity index is 0.000000367. The van der Waals surface area contributed by atoms with Crippen LogP contribution in [0, 0.1) is 5.41 Å². The number of carbonyl (C=O) groups excluding carboxylic acids is 2. The molecule has 1 amide bonds. The predicted octanol–water partition coefficient (Wildman–Crippen LogP) is 3.61. The summed E-state index contributed by atoms with van der Waals surface area (Å²) in [6, 6.07) is 16.7. The van der Waals surface area contributed by atoms with E-state index in [9.17, 15) is 9.59 Å². The van der Waals surface area contributed by atoms with Crippen LogP contribution in [0.2, 0.25) is 5.02 Å². The van der Waals surface area contributed by atoms with Crippen LogP contribution < -0.4 is 26.4 Å². The van der Waals surface area contributed by atoms with Crippen molar-refractivity contribution in [2.24, 2.45) is 11.5 Å². The first-order valence-electron chi connectivity index (χ1n) is 12.5. The van der Waals surface area contributed by atoms with Gasteiger partial charge in [0, 0.05) is 53.1 Å². The number of nitrogen functional groups attached to an aromatic ring is 1. The second kappa shape index (κ2) is 18.0. The van der Waals surface area contributed by atoms with Crippen LogP contribution in [-0.2, 0) is 22.7 Å². The fourth-order valence-corrected chi connectivity index (χ4v) is 3.65. The number of nitrogens with zero attached hydrogens (tertiary/aromatic N) is 2. The molecular weight excluding hydrogens is 548 g/mol. The lowest BCUT2D eigenvalue weighted by Gasteiger charge is -2.29. The van der Waals surface area contributed by atoms with Gasteiger partial charge < -0.3 is 31.5 Å². The maximum Gasteiger partial charge on any atom is 0.300 e. The Morgan fingerprint density at radius 3 is 2.37 bits per heavy atom. The highest BCUT2D eigenvalue weighted by molar-refractivity contribution is 6.31. The third-order valence-corrected chi connectivity index (χ3v) is 5.39. The highest BCUT2D eigenvalue weighted by Crippen LogP contribution is 2.25. The van der Waals surface area contributed by atoms with Gasteiger partial charge in [-0.15, -0.1) is 0 Å². The molecule has 0 radical (unpaired) electrons. The molecule has 12 heteroatoms. The van der Waals surface area contributed by atoms with Gasteiger partial charge in [-0.25, -0.2) is 0 Å². The maximum atomic E-state index is 11.0. The van der Waals surface area contributed by atoms with E-state index in [4.69, 9.17) is 43.1 Å². The summed E-state index contributed by atoms with van der Waals surface area (Å²) in [5, 5.41) is 18.3. The van der Waals surface area contributed by atoms with E-state index in [-0.39, 0.29) is 18.5 Å². The number of nitrogens with one attached hydrogen (secondary N) is 2. The summed E-state index contributed by atoms with van der Waals surface area (Å²) in [6.45, 7) is 6.36. The molecule has 0 fully saturated rings. The van der Waals surface area contributed by atoms with Crippen molar-refractivity contribution in [3.63, 3.8) is 0 Å². The van der Waals surface area contributed by atoms with E-state index in [0.717, 1.165) is 30.2 Å². The molecule has 0 atom stereocenters. The van der Waals surface area contributed by atoms with Crippen LogP contribution in [0.15, 0.2) is 60.8 Å². The molecule has 3 rings (SSSR count). The zero-order chi connectivity index (χ0) is 30.9. The summed E-state index contributed by atoms with van der Waals surface area (Å²) in [6.07, 6.45) is 2.59. The quantitative estimate of drug-likeness (QED) is 0.127. The van der Waals surface area contributed by atoms with Crippen LogP contribution in [0.1, 0.15) is 48.0 Å². The molecule has 0 aliphatic rings. The number of hydrogen-bond donors (Lipinski definition) is 5. The van der Waals surface area contributed by atoms with Crippen LogP contribution in [0.3, 0.4) is 0 Å². The molecule has 0 unspecified atom stereocenters. The van der Waals surface area contributed by atoms with Gasteiger partial charge in [0.25, 0.3) is 11.9 Å². The van der Waals surface area contributed by atoms with Gasteiger partial charge in [0.05, 0.1) is 12.2 Å². The zero-order valence-corrected chi connectivity index (χ0v) is 24.3. The Morgan fingerprint density at radius 1 is 1.17 bits per heavy atom. The number of nitrogens with two attached hydrogens (primary N) is 2. The number of aldehydes is 1. The number of hydrogen-bond acceptors (Lipinski definition) is 8. The van der Waals surface area contributed by atoms with Crippen LogP contribution in [0.4, 0.5) is 5.69 Å². The van der Waals surface area contributed by atoms with Gasteiger partial charge >= 0.3 is 0 Å². The van der Waals surface area contributed by atoms with Gasteiger partial charge in [-0.3, -0.25) is 24.8 Å². The smallest absolute Gasteiger partial charge is 0.300 e. The van der Waals surface area contributed by atoms with Crippen LogP contribution in [-0.4, -0.2) is 53.8 Å². The first-order valence-corrected chi connectivity index (χ1v) is 12.9. The Bertz CT molecular complexity index is 1300. The molecule has 0 aliphatic carbocycles. The number of ether oxygens (including phenoxy) is 1. The van der Waals surface area contributed by atoms with Gasteiger partial charge in [0.1, 0.15) is 17.9 Å². The van der Waals surface area contributed by atoms with E-state index in [1.165, 1.54) is 0 Å². The number of amidine groups is 1. The fourth-order valence-electron chi connectivity index (χ4n) is 3.41. The van der Waals surface area contributed by atoms with Crippen molar-refractivity contribution in [3.05, 3.63) is 88.2 Å². The first kappa shape index (κ1) is 34.5. The standard InChI is InChI=1S/C16H17ClN2O.C11H16N4O2.C2H4O2/c1-12(2)19(10-15-5-3-4-6-18-15)16-8-13(11-20)7-14(17)9-16;1-15-5-8-3-2-7(11(13)14)4-9(8)17-6-10(12)16;1-2(3)4/h3-9,11-12H,10H2,1-2H3;2-4,15H,5-6H2,1H3,(H2,12,16)(H3,13,14);1H3,(H,3,4). The van der Waals surface area contributed by atoms with Crippen molar-refractivity contribution < 1.29 is 24.2 Å². The number of rotatable bonds is 11. The van der Waals surface area contributed by atoms with Gasteiger partial charge in [-0.05, 0) is 57.3 Å². The van der Waals surface area contributed by atoms with Crippen LogP contribution >= 0.6 is 11.6 Å². The second-order valence-corrected chi connectivity index (χ2v) is 9.38. The lowest BCUT2D eigenvalue weighted by molar-refractivity contribution is -0.134. The molecule has 0 saturated carbocycles. The number of amides is 1. The fraction of sp³-hybridized carbons (Fsp3) is 0.276. The summed E-state index contributed by atoms with van der Waals surface area (Å²) in [7, 11) is 1.80. The third-order valence-electron chi connectivity index (χ3n) is 5.17. The van der Waals surface area contributed by atoms with Gasteiger partial charge in [-0.1, -0.05) is 29.8 Å². The number of carboxylic acid groups (broad SMARTS) is 1. The van der Waals surface area contributed by atoms with Crippen molar-refractivity contribution in [1.29, 1.82) is 5.41 Å². The first-order chi connectivity index (χ1) is 19.4. The van der Waals surface area contributed by atoms with Crippen molar-refractivity contribution in [3.8, 4) is 5.75 Å². The highest BCUT2D eigenvalue weighted by Gasteiger charge is 2.13. The predicted molar refractivity (Wildman–Crippen MR) is 161 cm³/mol. The lowest BCUT2D eigenvalue weighted by atomic mass is 10.1. The summed E-state index contributed by atoms with van der Waals surface area (Å²) >= 11 is 6.08. The van der Waals surface area contributed by atoms with E-state index < -0.39 is 11.9 Å². The minimum absolute atomic E-state index is 0.0510. The summed E-state index contributed by atoms with van der Waals surface area (Å²) in [5.74, 6) is -0.926. The van der Waals surface area contributed by atoms with E-state index in [1.54, 1.807) is 37.5 Å². The zero-order valence-electron chi connectivity index (χ0n) is 23.6. The molecule has 0 bridgehead atoms. The molecule has 41 heavy (non-hydrogen) atoms. The second-order valence-electron chi connectivity index (χ2n) is 8.94. The van der Waals surface area contributed by atoms with Gasteiger partial charge in [-0.2, -0.15) is 0 Å². The topological polar surface area (TPSA) is 185 Å². The Kier molecular flexibility index (Phi) is 15.1. The number of benzene rings is 2. The monoisotopic (exact) mass is 584 g/mol. The number of aromatic nitrogens is 1. The minimum Gasteiger partial charge on any atom is -0.483 e. The SMILES string of the molecule is CC(=O)O.CC(C)N(Cc1ccccn1)c1cc(Cl)cc(C=O)c1.CNCc1ccc(C(=N)N)cc1OCC(N)=O. The number of halogens is 1. The number of carbonyl (C=O) groups is 3. The number of anilines is 1. The molecule has 7 N–H and O–H groups in total. The van der Waals surface area contributed by atoms with E-state index in [0.29, 0.717) is 35.0 Å². The molecule has 2 aromatic carbocycles. The molecular formula is C29H37ClN6O5. The minimum atomic E-state index is -0.833. The van der Waals surface area contributed by atoms with Crippen molar-refractivity contribution in [1.82, 2.24) is 10.3 Å². The molecule has 3 aromatic rings. The molecule has 0 aliphatic heterocycles. The van der Waals surface area contributed by atoms with Crippen LogP contribution in [0.5, 0.6) is 5.75 Å². The van der Waals surface area contributed by atoms with Gasteiger partial charge in [0.15, 0.2) is 6.61 Å².